The van der Waals surface area contributed by atoms with E-state index in [9.17, 15) is 10.1 Å². The number of carbonyl (C=O) groups is 1. The van der Waals surface area contributed by atoms with Crippen LogP contribution < -0.4 is 10.1 Å². The Labute approximate surface area is 219 Å². The maximum absolute atomic E-state index is 12.6. The molecule has 0 bridgehead atoms. The second-order valence-electron chi connectivity index (χ2n) is 7.13. The van der Waals surface area contributed by atoms with Crippen LogP contribution in [0, 0.1) is 11.3 Å². The quantitative estimate of drug-likeness (QED) is 0.219. The maximum atomic E-state index is 12.6. The number of nitrogens with zero attached hydrogens (tertiary/aromatic N) is 1. The summed E-state index contributed by atoms with van der Waals surface area (Å²) in [5, 5.41) is 13.3. The van der Waals surface area contributed by atoms with E-state index in [0.717, 1.165) is 11.1 Å². The summed E-state index contributed by atoms with van der Waals surface area (Å²) < 4.78 is 7.25. The molecule has 0 aliphatic rings. The zero-order chi connectivity index (χ0) is 24.0. The molecule has 1 N–H and O–H groups in total. The summed E-state index contributed by atoms with van der Waals surface area (Å²) in [5.41, 5.74) is 2.48. The van der Waals surface area contributed by atoms with E-state index in [4.69, 9.17) is 27.9 Å². The molecule has 0 radical (unpaired) electrons. The number of amides is 1. The van der Waals surface area contributed by atoms with Crippen LogP contribution in [0.3, 0.4) is 0 Å². The van der Waals surface area contributed by atoms with Gasteiger partial charge in [0.05, 0.1) is 25.0 Å². The summed E-state index contributed by atoms with van der Waals surface area (Å²) in [7, 11) is 0. The molecule has 0 fully saturated rings. The second-order valence-corrected chi connectivity index (χ2v) is 9.65. The lowest BCUT2D eigenvalue weighted by atomic mass is 10.1. The Morgan fingerprint density at radius 2 is 1.76 bits per heavy atom. The van der Waals surface area contributed by atoms with Gasteiger partial charge in [0.15, 0.2) is 0 Å². The number of benzene rings is 3. The fourth-order valence-electron chi connectivity index (χ4n) is 3.00. The summed E-state index contributed by atoms with van der Waals surface area (Å²) in [5.74, 6) is 0.139. The van der Waals surface area contributed by atoms with Crippen molar-refractivity contribution in [2.45, 2.75) is 19.6 Å². The van der Waals surface area contributed by atoms with Crippen molar-refractivity contribution < 1.29 is 9.53 Å². The number of ether oxygens (including phenoxy) is 1. The molecule has 4 nitrogen and oxygen atoms in total. The van der Waals surface area contributed by atoms with Gasteiger partial charge < -0.3 is 10.1 Å². The highest BCUT2D eigenvalue weighted by molar-refractivity contribution is 9.11. The van der Waals surface area contributed by atoms with Gasteiger partial charge in [-0.05, 0) is 85.8 Å². The van der Waals surface area contributed by atoms with Crippen molar-refractivity contribution >= 4 is 67.0 Å². The average Bonchev–Trinajstić information content (AvgIpc) is 2.79. The van der Waals surface area contributed by atoms with Crippen molar-refractivity contribution in [3.8, 4) is 11.8 Å². The summed E-state index contributed by atoms with van der Waals surface area (Å²) in [6.45, 7) is 2.15. The van der Waals surface area contributed by atoms with Gasteiger partial charge in [0.25, 0.3) is 5.91 Å². The first-order valence-electron chi connectivity index (χ1n) is 9.82. The van der Waals surface area contributed by atoms with Crippen LogP contribution in [0.15, 0.2) is 75.2 Å². The molecule has 1 amide bonds. The van der Waals surface area contributed by atoms with E-state index in [1.807, 2.05) is 49.4 Å². The predicted octanol–water partition coefficient (Wildman–Crippen LogP) is 7.88. The fourth-order valence-corrected chi connectivity index (χ4v) is 4.77. The van der Waals surface area contributed by atoms with Crippen molar-refractivity contribution in [1.82, 2.24) is 5.32 Å². The molecule has 168 valence electrons. The molecule has 8 heteroatoms. The van der Waals surface area contributed by atoms with Gasteiger partial charge in [-0.2, -0.15) is 5.26 Å². The molecular weight excluding hydrogens is 591 g/mol. The number of nitriles is 1. The molecule has 0 spiro atoms. The van der Waals surface area contributed by atoms with Gasteiger partial charge in [-0.25, -0.2) is 0 Å². The molecule has 33 heavy (non-hydrogen) atoms. The van der Waals surface area contributed by atoms with E-state index < -0.39 is 5.91 Å². The number of carbonyl (C=O) groups excluding carboxylic acids is 1. The molecule has 0 saturated carbocycles. The first kappa shape index (κ1) is 25.3. The summed E-state index contributed by atoms with van der Waals surface area (Å²) >= 11 is 19.0. The molecule has 1 atom stereocenters. The number of hydrogen-bond donors (Lipinski definition) is 1. The van der Waals surface area contributed by atoms with Crippen LogP contribution in [-0.2, 0) is 11.4 Å². The fraction of sp³-hybridized carbons (Fsp3) is 0.120. The summed E-state index contributed by atoms with van der Waals surface area (Å²) in [6.07, 6.45) is 1.53. The first-order chi connectivity index (χ1) is 15.8. The van der Waals surface area contributed by atoms with Crippen LogP contribution in [0.2, 0.25) is 10.0 Å². The number of hydrogen-bond acceptors (Lipinski definition) is 3. The molecule has 0 heterocycles. The molecule has 0 saturated heterocycles. The Bertz CT molecular complexity index is 1220. The van der Waals surface area contributed by atoms with Gasteiger partial charge in [-0.1, -0.05) is 59.6 Å². The Kier molecular flexibility index (Phi) is 8.99. The zero-order valence-corrected chi connectivity index (χ0v) is 22.1. The molecular formula is C25H18Br2Cl2N2O2. The Morgan fingerprint density at radius 1 is 1.09 bits per heavy atom. The average molecular weight is 609 g/mol. The van der Waals surface area contributed by atoms with Crippen molar-refractivity contribution in [2.75, 3.05) is 0 Å². The molecule has 3 aromatic rings. The van der Waals surface area contributed by atoms with Crippen molar-refractivity contribution in [3.05, 3.63) is 102 Å². The predicted molar refractivity (Wildman–Crippen MR) is 139 cm³/mol. The molecule has 0 unspecified atom stereocenters. The third-order valence-corrected chi connectivity index (χ3v) is 6.63. The third-order valence-electron chi connectivity index (χ3n) is 4.71. The molecule has 3 aromatic carbocycles. The standard InChI is InChI=1S/C25H18Br2Cl2N2O2/c1-15(18-5-3-2-4-6-18)31-25(32)19(13-30)9-17-10-20(26)24(21(27)11-17)33-14-16-7-8-22(28)23(29)12-16/h2-12,15H,14H2,1H3,(H,31,32)/b19-9-/t15-/m0/s1. The third kappa shape index (κ3) is 6.84. The zero-order valence-electron chi connectivity index (χ0n) is 17.4. The van der Waals surface area contributed by atoms with E-state index in [2.05, 4.69) is 37.2 Å². The topological polar surface area (TPSA) is 62.1 Å². The Balaban J connectivity index is 1.74. The van der Waals surface area contributed by atoms with Crippen molar-refractivity contribution in [3.63, 3.8) is 0 Å². The minimum atomic E-state index is -0.443. The van der Waals surface area contributed by atoms with Crippen LogP contribution in [0.4, 0.5) is 0 Å². The van der Waals surface area contributed by atoms with Gasteiger partial charge >= 0.3 is 0 Å². The maximum Gasteiger partial charge on any atom is 0.262 e. The highest BCUT2D eigenvalue weighted by atomic mass is 79.9. The number of nitrogens with one attached hydrogen (secondary N) is 1. The Hall–Kier alpha value is -2.30. The molecule has 0 aromatic heterocycles. The lowest BCUT2D eigenvalue weighted by Gasteiger charge is -2.14. The minimum absolute atomic E-state index is 0.000977. The van der Waals surface area contributed by atoms with Crippen LogP contribution in [0.1, 0.15) is 29.7 Å². The van der Waals surface area contributed by atoms with Gasteiger partial charge in [-0.15, -0.1) is 0 Å². The van der Waals surface area contributed by atoms with Gasteiger partial charge in [0, 0.05) is 0 Å². The van der Waals surface area contributed by atoms with Crippen molar-refractivity contribution in [1.29, 1.82) is 5.26 Å². The second kappa shape index (κ2) is 11.7. The molecule has 0 aliphatic heterocycles. The van der Waals surface area contributed by atoms with Gasteiger partial charge in [0.2, 0.25) is 0 Å². The van der Waals surface area contributed by atoms with E-state index in [1.54, 1.807) is 24.3 Å². The van der Waals surface area contributed by atoms with E-state index in [-0.39, 0.29) is 18.2 Å². The molecule has 3 rings (SSSR count). The highest BCUT2D eigenvalue weighted by Crippen LogP contribution is 2.36. The first-order valence-corrected chi connectivity index (χ1v) is 12.2. The SMILES string of the molecule is C[C@H](NC(=O)/C(C#N)=C\c1cc(Br)c(OCc2ccc(Cl)c(Cl)c2)c(Br)c1)c1ccccc1. The van der Waals surface area contributed by atoms with E-state index in [1.165, 1.54) is 6.08 Å². The number of halogens is 4. The molecule has 0 aliphatic carbocycles. The van der Waals surface area contributed by atoms with Gasteiger partial charge in [0.1, 0.15) is 24.0 Å². The van der Waals surface area contributed by atoms with E-state index in [0.29, 0.717) is 30.3 Å². The smallest absolute Gasteiger partial charge is 0.262 e. The summed E-state index contributed by atoms with van der Waals surface area (Å²) in [6, 6.07) is 20.2. The van der Waals surface area contributed by atoms with Gasteiger partial charge in [-0.3, -0.25) is 4.79 Å². The van der Waals surface area contributed by atoms with Crippen LogP contribution in [0.5, 0.6) is 5.75 Å². The lowest BCUT2D eigenvalue weighted by Crippen LogP contribution is -2.27. The van der Waals surface area contributed by atoms with Crippen LogP contribution in [-0.4, -0.2) is 5.91 Å². The van der Waals surface area contributed by atoms with Crippen LogP contribution in [0.25, 0.3) is 6.08 Å². The minimum Gasteiger partial charge on any atom is -0.487 e. The summed E-state index contributed by atoms with van der Waals surface area (Å²) in [4.78, 5) is 12.6. The van der Waals surface area contributed by atoms with E-state index >= 15 is 0 Å². The highest BCUT2D eigenvalue weighted by Gasteiger charge is 2.15. The van der Waals surface area contributed by atoms with Crippen molar-refractivity contribution in [2.24, 2.45) is 0 Å². The number of rotatable bonds is 7. The normalized spacial score (nSPS) is 12.1. The van der Waals surface area contributed by atoms with Crippen LogP contribution >= 0.6 is 55.1 Å². The monoisotopic (exact) mass is 606 g/mol. The Morgan fingerprint density at radius 3 is 2.36 bits per heavy atom. The largest absolute Gasteiger partial charge is 0.487 e. The lowest BCUT2D eigenvalue weighted by molar-refractivity contribution is -0.117.